The first-order chi connectivity index (χ1) is 8.74. The zero-order valence-electron chi connectivity index (χ0n) is 11.3. The van der Waals surface area contributed by atoms with E-state index in [0.717, 1.165) is 24.9 Å². The summed E-state index contributed by atoms with van der Waals surface area (Å²) in [6, 6.07) is 7.55. The molecule has 4 nitrogen and oxygen atoms in total. The Kier molecular flexibility index (Phi) is 3.22. The maximum absolute atomic E-state index is 4.41. The van der Waals surface area contributed by atoms with Gasteiger partial charge in [0.1, 0.15) is 5.82 Å². The summed E-state index contributed by atoms with van der Waals surface area (Å²) >= 11 is 0. The molecule has 2 aliphatic rings. The SMILES string of the molecule is C[C@@H]1CN(C2CN(c3ccccn3)C2)CCN1C. The fourth-order valence-corrected chi connectivity index (χ4v) is 2.82. The number of likely N-dealkylation sites (N-methyl/N-ethyl adjacent to an activating group) is 1. The molecule has 0 spiro atoms. The normalized spacial score (nSPS) is 27.2. The fraction of sp³-hybridized carbons (Fsp3) is 0.643. The van der Waals surface area contributed by atoms with Gasteiger partial charge in [0, 0.05) is 51.0 Å². The standard InChI is InChI=1S/C14H22N4/c1-12-9-17(8-7-16(12)2)13-10-18(11-13)14-5-3-4-6-15-14/h3-6,12-13H,7-11H2,1-2H3/t12-/m1/s1. The van der Waals surface area contributed by atoms with Gasteiger partial charge in [0.25, 0.3) is 0 Å². The van der Waals surface area contributed by atoms with Gasteiger partial charge in [0.15, 0.2) is 0 Å². The summed E-state index contributed by atoms with van der Waals surface area (Å²) in [7, 11) is 2.23. The van der Waals surface area contributed by atoms with Crippen molar-refractivity contribution in [3.05, 3.63) is 24.4 Å². The van der Waals surface area contributed by atoms with E-state index in [1.165, 1.54) is 19.6 Å². The number of hydrogen-bond donors (Lipinski definition) is 0. The minimum atomic E-state index is 0.683. The van der Waals surface area contributed by atoms with Crippen LogP contribution in [0.4, 0.5) is 5.82 Å². The molecular weight excluding hydrogens is 224 g/mol. The first-order valence-corrected chi connectivity index (χ1v) is 6.84. The molecule has 0 aromatic carbocycles. The second kappa shape index (κ2) is 4.86. The van der Waals surface area contributed by atoms with Gasteiger partial charge in [-0.2, -0.15) is 0 Å². The van der Waals surface area contributed by atoms with Crippen molar-refractivity contribution in [3.8, 4) is 0 Å². The van der Waals surface area contributed by atoms with Crippen LogP contribution in [-0.2, 0) is 0 Å². The van der Waals surface area contributed by atoms with Crippen LogP contribution >= 0.6 is 0 Å². The molecule has 18 heavy (non-hydrogen) atoms. The molecule has 0 amide bonds. The van der Waals surface area contributed by atoms with E-state index in [0.29, 0.717) is 6.04 Å². The van der Waals surface area contributed by atoms with Crippen molar-refractivity contribution >= 4 is 5.82 Å². The zero-order valence-corrected chi connectivity index (χ0v) is 11.3. The monoisotopic (exact) mass is 246 g/mol. The lowest BCUT2D eigenvalue weighted by atomic mass is 10.0. The number of nitrogens with zero attached hydrogens (tertiary/aromatic N) is 4. The summed E-state index contributed by atoms with van der Waals surface area (Å²) in [6.45, 7) is 8.20. The lowest BCUT2D eigenvalue weighted by molar-refractivity contribution is 0.0610. The molecule has 4 heteroatoms. The van der Waals surface area contributed by atoms with E-state index in [2.05, 4.69) is 45.8 Å². The van der Waals surface area contributed by atoms with Gasteiger partial charge < -0.3 is 9.80 Å². The molecule has 2 aliphatic heterocycles. The number of anilines is 1. The summed E-state index contributed by atoms with van der Waals surface area (Å²) in [4.78, 5) is 11.9. The smallest absolute Gasteiger partial charge is 0.128 e. The third-order valence-corrected chi connectivity index (χ3v) is 4.34. The Morgan fingerprint density at radius 3 is 2.67 bits per heavy atom. The molecule has 0 saturated carbocycles. The van der Waals surface area contributed by atoms with E-state index in [1.54, 1.807) is 0 Å². The van der Waals surface area contributed by atoms with Crippen molar-refractivity contribution in [2.75, 3.05) is 44.7 Å². The van der Waals surface area contributed by atoms with Crippen molar-refractivity contribution in [2.24, 2.45) is 0 Å². The Morgan fingerprint density at radius 2 is 2.00 bits per heavy atom. The third kappa shape index (κ3) is 2.22. The topological polar surface area (TPSA) is 22.6 Å². The number of rotatable bonds is 2. The highest BCUT2D eigenvalue weighted by atomic mass is 15.4. The highest BCUT2D eigenvalue weighted by Gasteiger charge is 2.35. The highest BCUT2D eigenvalue weighted by Crippen LogP contribution is 2.23. The Labute approximate surface area is 109 Å². The molecule has 1 aromatic rings. The molecule has 0 bridgehead atoms. The van der Waals surface area contributed by atoms with Gasteiger partial charge in [0.2, 0.25) is 0 Å². The second-order valence-electron chi connectivity index (χ2n) is 5.57. The summed E-state index contributed by atoms with van der Waals surface area (Å²) < 4.78 is 0. The number of pyridine rings is 1. The van der Waals surface area contributed by atoms with E-state index in [1.807, 2.05) is 12.3 Å². The van der Waals surface area contributed by atoms with Crippen LogP contribution in [0.2, 0.25) is 0 Å². The van der Waals surface area contributed by atoms with Crippen molar-refractivity contribution in [1.29, 1.82) is 0 Å². The minimum Gasteiger partial charge on any atom is -0.353 e. The first kappa shape index (κ1) is 11.9. The summed E-state index contributed by atoms with van der Waals surface area (Å²) in [5, 5.41) is 0. The first-order valence-electron chi connectivity index (χ1n) is 6.84. The maximum atomic E-state index is 4.41. The number of aromatic nitrogens is 1. The van der Waals surface area contributed by atoms with Crippen LogP contribution in [0.15, 0.2) is 24.4 Å². The van der Waals surface area contributed by atoms with Crippen LogP contribution in [0.5, 0.6) is 0 Å². The predicted molar refractivity (Wildman–Crippen MR) is 73.9 cm³/mol. The molecule has 0 aliphatic carbocycles. The van der Waals surface area contributed by atoms with Gasteiger partial charge in [-0.25, -0.2) is 4.98 Å². The molecule has 3 rings (SSSR count). The maximum Gasteiger partial charge on any atom is 0.128 e. The average Bonchev–Trinajstić information content (AvgIpc) is 2.33. The summed E-state index contributed by atoms with van der Waals surface area (Å²) in [5.41, 5.74) is 0. The van der Waals surface area contributed by atoms with Crippen LogP contribution in [0.3, 0.4) is 0 Å². The molecule has 2 fully saturated rings. The van der Waals surface area contributed by atoms with Gasteiger partial charge in [0.05, 0.1) is 0 Å². The van der Waals surface area contributed by atoms with Crippen molar-refractivity contribution < 1.29 is 0 Å². The third-order valence-electron chi connectivity index (χ3n) is 4.34. The summed E-state index contributed by atoms with van der Waals surface area (Å²) in [5.74, 6) is 1.12. The van der Waals surface area contributed by atoms with Gasteiger partial charge in [-0.05, 0) is 26.1 Å². The molecule has 3 heterocycles. The molecule has 98 valence electrons. The average molecular weight is 246 g/mol. The van der Waals surface area contributed by atoms with E-state index >= 15 is 0 Å². The fourth-order valence-electron chi connectivity index (χ4n) is 2.82. The molecule has 2 saturated heterocycles. The number of hydrogen-bond acceptors (Lipinski definition) is 4. The van der Waals surface area contributed by atoms with Crippen molar-refractivity contribution in [1.82, 2.24) is 14.8 Å². The van der Waals surface area contributed by atoms with Gasteiger partial charge in [-0.15, -0.1) is 0 Å². The van der Waals surface area contributed by atoms with E-state index < -0.39 is 0 Å². The lowest BCUT2D eigenvalue weighted by Gasteiger charge is -2.49. The molecule has 1 atom stereocenters. The van der Waals surface area contributed by atoms with Crippen LogP contribution in [0.25, 0.3) is 0 Å². The Bertz CT molecular complexity index is 388. The molecule has 0 unspecified atom stereocenters. The highest BCUT2D eigenvalue weighted by molar-refractivity contribution is 5.41. The van der Waals surface area contributed by atoms with Crippen molar-refractivity contribution in [2.45, 2.75) is 19.0 Å². The van der Waals surface area contributed by atoms with Gasteiger partial charge in [-0.3, -0.25) is 4.90 Å². The Morgan fingerprint density at radius 1 is 1.17 bits per heavy atom. The van der Waals surface area contributed by atoms with E-state index in [9.17, 15) is 0 Å². The van der Waals surface area contributed by atoms with E-state index in [-0.39, 0.29) is 0 Å². The lowest BCUT2D eigenvalue weighted by Crippen LogP contribution is -2.64. The summed E-state index contributed by atoms with van der Waals surface area (Å²) in [6.07, 6.45) is 1.88. The van der Waals surface area contributed by atoms with Gasteiger partial charge in [-0.1, -0.05) is 6.07 Å². The Balaban J connectivity index is 1.53. The molecule has 0 N–H and O–H groups in total. The second-order valence-corrected chi connectivity index (χ2v) is 5.57. The van der Waals surface area contributed by atoms with Crippen molar-refractivity contribution in [3.63, 3.8) is 0 Å². The Hall–Kier alpha value is -1.13. The van der Waals surface area contributed by atoms with Crippen LogP contribution in [0, 0.1) is 0 Å². The zero-order chi connectivity index (χ0) is 12.5. The quantitative estimate of drug-likeness (QED) is 0.773. The molecule has 0 radical (unpaired) electrons. The van der Waals surface area contributed by atoms with E-state index in [4.69, 9.17) is 0 Å². The largest absolute Gasteiger partial charge is 0.353 e. The molecular formula is C14H22N4. The van der Waals surface area contributed by atoms with Gasteiger partial charge >= 0.3 is 0 Å². The number of piperazine rings is 1. The van der Waals surface area contributed by atoms with Crippen LogP contribution in [-0.4, -0.2) is 66.6 Å². The van der Waals surface area contributed by atoms with Crippen LogP contribution < -0.4 is 4.90 Å². The van der Waals surface area contributed by atoms with Crippen LogP contribution in [0.1, 0.15) is 6.92 Å². The predicted octanol–water partition coefficient (Wildman–Crippen LogP) is 0.906. The minimum absolute atomic E-state index is 0.683. The molecule has 1 aromatic heterocycles.